The van der Waals surface area contributed by atoms with Crippen LogP contribution in [-0.2, 0) is 35.4 Å². The molecular weight excluding hydrogens is 393 g/mol. The summed E-state index contributed by atoms with van der Waals surface area (Å²) >= 11 is 0. The summed E-state index contributed by atoms with van der Waals surface area (Å²) in [6.45, 7) is 5.31. The van der Waals surface area contributed by atoms with E-state index in [4.69, 9.17) is 9.63 Å². The fourth-order valence-corrected chi connectivity index (χ4v) is 3.00. The molecule has 0 radical (unpaired) electrons. The number of aliphatic hydroxyl groups is 1. The van der Waals surface area contributed by atoms with Crippen molar-refractivity contribution in [3.8, 4) is 0 Å². The van der Waals surface area contributed by atoms with Gasteiger partial charge in [0.1, 0.15) is 0 Å². The summed E-state index contributed by atoms with van der Waals surface area (Å²) in [6, 6.07) is 12.2. The maximum Gasteiger partial charge on any atom is 0.333 e. The van der Waals surface area contributed by atoms with Crippen LogP contribution in [0.4, 0.5) is 4.79 Å². The fraction of sp³-hybridized carbons (Fsp3) is 0.400. The largest absolute Gasteiger partial charge is 0.392 e. The minimum atomic E-state index is -3.77. The highest BCUT2D eigenvalue weighted by molar-refractivity contribution is 7.54. The van der Waals surface area contributed by atoms with Crippen LogP contribution in [0.5, 0.6) is 0 Å². The number of nitrogens with one attached hydrogen (secondary N) is 2. The molecule has 1 atom stereocenters. The molecule has 0 aliphatic carbocycles. The number of carbonyl (C=O) groups is 1. The molecule has 2 rings (SSSR count). The molecule has 29 heavy (non-hydrogen) atoms. The van der Waals surface area contributed by atoms with Gasteiger partial charge in [-0.25, -0.2) is 4.79 Å². The number of aromatic nitrogens is 1. The van der Waals surface area contributed by atoms with E-state index in [0.29, 0.717) is 17.9 Å². The Bertz CT molecular complexity index is 882. The number of urea groups is 1. The highest BCUT2D eigenvalue weighted by Crippen LogP contribution is 2.55. The number of benzene rings is 1. The van der Waals surface area contributed by atoms with Crippen LogP contribution in [0.15, 0.2) is 42.5 Å². The summed E-state index contributed by atoms with van der Waals surface area (Å²) in [5.41, 5.74) is 2.78. The van der Waals surface area contributed by atoms with Gasteiger partial charge in [-0.3, -0.25) is 9.55 Å². The molecule has 8 nitrogen and oxygen atoms in total. The summed E-state index contributed by atoms with van der Waals surface area (Å²) in [5.74, 6) is 0. The second-order valence-corrected chi connectivity index (χ2v) is 10.2. The Morgan fingerprint density at radius 1 is 1.07 bits per heavy atom. The predicted molar refractivity (Wildman–Crippen MR) is 110 cm³/mol. The lowest BCUT2D eigenvalue weighted by molar-refractivity contribution is 0.230. The Hall–Kier alpha value is -2.25. The van der Waals surface area contributed by atoms with Gasteiger partial charge in [0.15, 0.2) is 0 Å². The third-order valence-corrected chi connectivity index (χ3v) is 6.33. The van der Waals surface area contributed by atoms with E-state index in [-0.39, 0.29) is 25.8 Å². The monoisotopic (exact) mass is 421 g/mol. The van der Waals surface area contributed by atoms with E-state index in [1.807, 2.05) is 24.3 Å². The van der Waals surface area contributed by atoms with Crippen LogP contribution in [0.25, 0.3) is 0 Å². The zero-order valence-electron chi connectivity index (χ0n) is 16.9. The number of hydrogen-bond acceptors (Lipinski definition) is 5. The first-order chi connectivity index (χ1) is 13.6. The second kappa shape index (κ2) is 9.98. The lowest BCUT2D eigenvalue weighted by Gasteiger charge is -2.24. The summed E-state index contributed by atoms with van der Waals surface area (Å²) in [6.07, 6.45) is 0. The molecule has 0 saturated heterocycles. The molecule has 1 aromatic heterocycles. The van der Waals surface area contributed by atoms with Gasteiger partial charge in [-0.15, -0.1) is 0 Å². The van der Waals surface area contributed by atoms with Crippen LogP contribution in [0.2, 0.25) is 0 Å². The van der Waals surface area contributed by atoms with Crippen LogP contribution >= 0.6 is 7.60 Å². The molecule has 1 unspecified atom stereocenters. The predicted octanol–water partition coefficient (Wildman–Crippen LogP) is 3.07. The SMILES string of the molecule is CC(C)(C)P(=O)(O)OCc1cccc(CNC(=O)NCc2cccc(CO)c2)n1. The number of aliphatic hydroxyl groups excluding tert-OH is 1. The zero-order chi connectivity index (χ0) is 21.5. The number of amides is 2. The first-order valence-corrected chi connectivity index (χ1v) is 10.8. The van der Waals surface area contributed by atoms with Crippen LogP contribution in [0, 0.1) is 0 Å². The number of pyridine rings is 1. The van der Waals surface area contributed by atoms with Crippen molar-refractivity contribution in [3.05, 3.63) is 65.0 Å². The number of nitrogens with zero attached hydrogens (tertiary/aromatic N) is 1. The van der Waals surface area contributed by atoms with Crippen molar-refractivity contribution in [2.75, 3.05) is 0 Å². The van der Waals surface area contributed by atoms with E-state index in [9.17, 15) is 14.3 Å². The lowest BCUT2D eigenvalue weighted by Crippen LogP contribution is -2.34. The first-order valence-electron chi connectivity index (χ1n) is 9.23. The van der Waals surface area contributed by atoms with Gasteiger partial charge in [-0.2, -0.15) is 0 Å². The van der Waals surface area contributed by atoms with Crippen LogP contribution in [-0.4, -0.2) is 26.2 Å². The van der Waals surface area contributed by atoms with E-state index < -0.39 is 12.8 Å². The molecule has 0 spiro atoms. The Balaban J connectivity index is 1.83. The van der Waals surface area contributed by atoms with Crippen LogP contribution in [0.3, 0.4) is 0 Å². The fourth-order valence-electron chi connectivity index (χ4n) is 2.31. The van der Waals surface area contributed by atoms with Crippen LogP contribution in [0.1, 0.15) is 43.3 Å². The van der Waals surface area contributed by atoms with E-state index in [2.05, 4.69) is 15.6 Å². The Morgan fingerprint density at radius 3 is 2.38 bits per heavy atom. The van der Waals surface area contributed by atoms with Gasteiger partial charge in [0.2, 0.25) is 0 Å². The molecule has 9 heteroatoms. The average Bonchev–Trinajstić information content (AvgIpc) is 2.69. The third kappa shape index (κ3) is 7.25. The zero-order valence-corrected chi connectivity index (χ0v) is 17.8. The molecule has 0 aliphatic rings. The number of carbonyl (C=O) groups excluding carboxylic acids is 1. The van der Waals surface area contributed by atoms with Gasteiger partial charge in [0, 0.05) is 6.54 Å². The topological polar surface area (TPSA) is 121 Å². The smallest absolute Gasteiger partial charge is 0.333 e. The van der Waals surface area contributed by atoms with Gasteiger partial charge < -0.3 is 25.2 Å². The molecule has 4 N–H and O–H groups in total. The van der Waals surface area contributed by atoms with Gasteiger partial charge >= 0.3 is 13.6 Å². The summed E-state index contributed by atoms with van der Waals surface area (Å²) in [4.78, 5) is 26.3. The van der Waals surface area contributed by atoms with Gasteiger partial charge in [-0.1, -0.05) is 30.3 Å². The summed E-state index contributed by atoms with van der Waals surface area (Å²) < 4.78 is 17.4. The van der Waals surface area contributed by atoms with Crippen LogP contribution < -0.4 is 10.6 Å². The molecular formula is C20H28N3O5P. The summed E-state index contributed by atoms with van der Waals surface area (Å²) in [5, 5.41) is 13.7. The quantitative estimate of drug-likeness (QED) is 0.486. The standard InChI is InChI=1S/C20H28N3O5P/c1-20(2,3)29(26,27)28-14-18-9-5-8-17(23-18)12-22-19(25)21-11-15-6-4-7-16(10-15)13-24/h4-10,24H,11-14H2,1-3H3,(H,26,27)(H2,21,22,25). The molecule has 1 aromatic carbocycles. The first kappa shape index (κ1) is 23.0. The van der Waals surface area contributed by atoms with E-state index in [0.717, 1.165) is 11.1 Å². The molecule has 0 aliphatic heterocycles. The van der Waals surface area contributed by atoms with Crippen molar-refractivity contribution >= 4 is 13.6 Å². The summed E-state index contributed by atoms with van der Waals surface area (Å²) in [7, 11) is -3.77. The highest BCUT2D eigenvalue weighted by Gasteiger charge is 2.36. The third-order valence-electron chi connectivity index (χ3n) is 4.16. The lowest BCUT2D eigenvalue weighted by atomic mass is 10.1. The minimum absolute atomic E-state index is 0.0484. The van der Waals surface area contributed by atoms with Gasteiger partial charge in [0.05, 0.1) is 36.3 Å². The highest BCUT2D eigenvalue weighted by atomic mass is 31.2. The normalized spacial score (nSPS) is 13.6. The Labute approximate surface area is 170 Å². The van der Waals surface area contributed by atoms with Crippen molar-refractivity contribution < 1.29 is 23.9 Å². The number of rotatable bonds is 8. The second-order valence-electron chi connectivity index (χ2n) is 7.60. The molecule has 2 amide bonds. The van der Waals surface area contributed by atoms with Crippen molar-refractivity contribution in [1.29, 1.82) is 0 Å². The maximum absolute atomic E-state index is 12.2. The minimum Gasteiger partial charge on any atom is -0.392 e. The molecule has 0 bridgehead atoms. The van der Waals surface area contributed by atoms with Crippen molar-refractivity contribution in [2.45, 2.75) is 52.2 Å². The average molecular weight is 421 g/mol. The molecule has 158 valence electrons. The molecule has 0 fully saturated rings. The van der Waals surface area contributed by atoms with Crippen molar-refractivity contribution in [1.82, 2.24) is 15.6 Å². The van der Waals surface area contributed by atoms with E-state index in [1.54, 1.807) is 39.0 Å². The Kier molecular flexibility index (Phi) is 7.93. The van der Waals surface area contributed by atoms with Crippen molar-refractivity contribution in [2.24, 2.45) is 0 Å². The van der Waals surface area contributed by atoms with E-state index >= 15 is 0 Å². The molecule has 1 heterocycles. The number of hydrogen-bond donors (Lipinski definition) is 4. The molecule has 0 saturated carbocycles. The Morgan fingerprint density at radius 2 is 1.69 bits per heavy atom. The maximum atomic E-state index is 12.2. The van der Waals surface area contributed by atoms with E-state index in [1.165, 1.54) is 0 Å². The van der Waals surface area contributed by atoms with Crippen molar-refractivity contribution in [3.63, 3.8) is 0 Å². The van der Waals surface area contributed by atoms with Gasteiger partial charge in [0.25, 0.3) is 0 Å². The van der Waals surface area contributed by atoms with Gasteiger partial charge in [-0.05, 0) is 44.0 Å². The molecule has 2 aromatic rings.